The summed E-state index contributed by atoms with van der Waals surface area (Å²) < 4.78 is 6.12. The second-order valence-electron chi connectivity index (χ2n) is 9.86. The molecule has 1 aliphatic carbocycles. The van der Waals surface area contributed by atoms with Crippen LogP contribution in [0.25, 0.3) is 6.08 Å². The molecule has 192 valence electrons. The van der Waals surface area contributed by atoms with Crippen LogP contribution in [0.1, 0.15) is 31.7 Å². The summed E-state index contributed by atoms with van der Waals surface area (Å²) in [5, 5.41) is 31.4. The highest BCUT2D eigenvalue weighted by Crippen LogP contribution is 2.50. The number of fused-ring (bicyclic) bond motifs is 3. The van der Waals surface area contributed by atoms with E-state index in [1.165, 1.54) is 24.3 Å². The minimum absolute atomic E-state index is 0.186. The molecule has 3 aliphatic rings. The highest BCUT2D eigenvalue weighted by Gasteiger charge is 2.57. The van der Waals surface area contributed by atoms with Crippen molar-refractivity contribution in [2.24, 2.45) is 17.8 Å². The zero-order valence-electron chi connectivity index (χ0n) is 20.4. The van der Waals surface area contributed by atoms with Gasteiger partial charge in [0.1, 0.15) is 5.75 Å². The molecule has 37 heavy (non-hydrogen) atoms. The number of carbonyl (C=O) groups is 2. The fraction of sp³-hybridized carbons (Fsp3) is 0.357. The molecular weight excluding hydrogens is 476 g/mol. The normalized spacial score (nSPS) is 25.5. The number of hydrogen-bond donors (Lipinski definition) is 2. The first kappa shape index (κ1) is 24.9. The molecule has 0 spiro atoms. The van der Waals surface area contributed by atoms with E-state index in [0.29, 0.717) is 12.8 Å². The van der Waals surface area contributed by atoms with E-state index >= 15 is 0 Å². The molecular formula is C28H28N2O7. The van der Waals surface area contributed by atoms with Gasteiger partial charge >= 0.3 is 0 Å². The average molecular weight is 505 g/mol. The second-order valence-corrected chi connectivity index (χ2v) is 9.86. The van der Waals surface area contributed by atoms with Crippen LogP contribution in [0.4, 0.5) is 11.4 Å². The Kier molecular flexibility index (Phi) is 6.66. The van der Waals surface area contributed by atoms with E-state index in [0.717, 1.165) is 27.2 Å². The molecule has 0 bridgehead atoms. The molecule has 9 heteroatoms. The lowest BCUT2D eigenvalue weighted by atomic mass is 9.69. The number of nitro groups is 1. The van der Waals surface area contributed by atoms with Gasteiger partial charge in [0.15, 0.2) is 0 Å². The van der Waals surface area contributed by atoms with Gasteiger partial charge in [-0.05, 0) is 49.5 Å². The third-order valence-electron chi connectivity index (χ3n) is 7.64. The molecule has 2 aliphatic heterocycles. The zero-order valence-corrected chi connectivity index (χ0v) is 20.4. The van der Waals surface area contributed by atoms with Crippen LogP contribution < -0.4 is 4.90 Å². The van der Waals surface area contributed by atoms with Crippen LogP contribution in [0.2, 0.25) is 0 Å². The number of hydrogen-bond acceptors (Lipinski definition) is 7. The highest BCUT2D eigenvalue weighted by atomic mass is 16.6. The number of non-ortho nitro benzene ring substituents is 1. The number of anilines is 1. The van der Waals surface area contributed by atoms with Crippen molar-refractivity contribution in [3.05, 3.63) is 80.9 Å². The Balaban J connectivity index is 1.37. The number of aromatic hydroxyl groups is 1. The van der Waals surface area contributed by atoms with Crippen molar-refractivity contribution in [1.29, 1.82) is 0 Å². The molecule has 2 aromatic carbocycles. The first-order valence-electron chi connectivity index (χ1n) is 12.3. The molecule has 9 nitrogen and oxygen atoms in total. The smallest absolute Gasteiger partial charge is 0.271 e. The summed E-state index contributed by atoms with van der Waals surface area (Å²) in [6.45, 7) is 2.03. The standard InChI is InChI=1S/C28H28N2O7/c1-16(11-17-5-2-3-8-23(17)32)9-10-24-25-18(14-31)12-21-26(22(25)15-37-24)28(34)29(27(21)33)19-6-4-7-20(13-19)30(35)36/h2-8,11,13,21-22,24,26,31-32H,9-10,12,14-15H2,1H3/b16-11+/t21-,22+,24-,26-/m1/s1. The second kappa shape index (κ2) is 9.91. The number of nitrogens with zero attached hydrogens (tertiary/aromatic N) is 2. The molecule has 0 unspecified atom stereocenters. The van der Waals surface area contributed by atoms with Crippen LogP contribution in [0.5, 0.6) is 5.75 Å². The van der Waals surface area contributed by atoms with Gasteiger partial charge in [-0.2, -0.15) is 0 Å². The Labute approximate surface area is 213 Å². The number of ether oxygens (including phenoxy) is 1. The van der Waals surface area contributed by atoms with Gasteiger partial charge in [0, 0.05) is 23.6 Å². The maximum atomic E-state index is 13.5. The van der Waals surface area contributed by atoms with Crippen LogP contribution in [0.3, 0.4) is 0 Å². The number of phenolic OH excluding ortho intramolecular Hbond substituents is 1. The van der Waals surface area contributed by atoms with Gasteiger partial charge in [0.2, 0.25) is 11.8 Å². The lowest BCUT2D eigenvalue weighted by Crippen LogP contribution is -2.35. The molecule has 2 heterocycles. The molecule has 4 atom stereocenters. The summed E-state index contributed by atoms with van der Waals surface area (Å²) in [5.41, 5.74) is 3.42. The van der Waals surface area contributed by atoms with E-state index in [-0.39, 0.29) is 54.7 Å². The summed E-state index contributed by atoms with van der Waals surface area (Å²) in [5.74, 6) is -2.15. The predicted molar refractivity (Wildman–Crippen MR) is 136 cm³/mol. The van der Waals surface area contributed by atoms with Gasteiger partial charge < -0.3 is 14.9 Å². The number of aliphatic hydroxyl groups is 1. The zero-order chi connectivity index (χ0) is 26.3. The Hall–Kier alpha value is -3.82. The van der Waals surface area contributed by atoms with Gasteiger partial charge in [-0.3, -0.25) is 19.7 Å². The van der Waals surface area contributed by atoms with E-state index in [9.17, 15) is 29.9 Å². The Morgan fingerprint density at radius 3 is 2.68 bits per heavy atom. The van der Waals surface area contributed by atoms with Gasteiger partial charge in [0.25, 0.3) is 5.69 Å². The molecule has 2 fully saturated rings. The van der Waals surface area contributed by atoms with Crippen molar-refractivity contribution in [3.8, 4) is 5.75 Å². The first-order valence-corrected chi connectivity index (χ1v) is 12.3. The maximum Gasteiger partial charge on any atom is 0.271 e. The van der Waals surface area contributed by atoms with Crippen LogP contribution in [-0.2, 0) is 14.3 Å². The van der Waals surface area contributed by atoms with E-state index in [4.69, 9.17) is 4.74 Å². The number of allylic oxidation sites excluding steroid dienone is 1. The number of carbonyl (C=O) groups excluding carboxylic acids is 2. The Morgan fingerprint density at radius 2 is 1.95 bits per heavy atom. The third-order valence-corrected chi connectivity index (χ3v) is 7.64. The molecule has 2 saturated heterocycles. The summed E-state index contributed by atoms with van der Waals surface area (Å²) in [4.78, 5) is 38.6. The maximum absolute atomic E-state index is 13.5. The molecule has 0 aromatic heterocycles. The SMILES string of the molecule is C/C(=C\c1ccccc1O)CC[C@H]1OC[C@H]2C1=C(CO)C[C@H]1C(=O)N(c3cccc([N+](=O)[O-])c3)C(=O)[C@H]12. The molecule has 2 N–H and O–H groups in total. The van der Waals surface area contributed by atoms with E-state index < -0.39 is 22.7 Å². The molecule has 0 radical (unpaired) electrons. The monoisotopic (exact) mass is 504 g/mol. The van der Waals surface area contributed by atoms with Crippen LogP contribution in [0, 0.1) is 27.9 Å². The third kappa shape index (κ3) is 4.45. The number of nitro benzene ring substituents is 1. The average Bonchev–Trinajstić information content (AvgIpc) is 3.42. The Morgan fingerprint density at radius 1 is 1.16 bits per heavy atom. The van der Waals surface area contributed by atoms with Gasteiger partial charge in [-0.1, -0.05) is 35.9 Å². The number of phenols is 1. The summed E-state index contributed by atoms with van der Waals surface area (Å²) >= 11 is 0. The quantitative estimate of drug-likeness (QED) is 0.252. The summed E-state index contributed by atoms with van der Waals surface area (Å²) in [7, 11) is 0. The minimum atomic E-state index is -0.632. The van der Waals surface area contributed by atoms with Gasteiger partial charge in [-0.25, -0.2) is 4.90 Å². The number of rotatable bonds is 7. The Bertz CT molecular complexity index is 1330. The summed E-state index contributed by atoms with van der Waals surface area (Å²) in [6.07, 6.45) is 3.23. The van der Waals surface area contributed by atoms with Crippen LogP contribution >= 0.6 is 0 Å². The van der Waals surface area contributed by atoms with Gasteiger partial charge in [-0.15, -0.1) is 0 Å². The van der Waals surface area contributed by atoms with E-state index in [1.54, 1.807) is 12.1 Å². The fourth-order valence-corrected chi connectivity index (χ4v) is 5.93. The van der Waals surface area contributed by atoms with Crippen molar-refractivity contribution < 1.29 is 29.5 Å². The number of benzene rings is 2. The van der Waals surface area contributed by atoms with Crippen LogP contribution in [-0.4, -0.2) is 46.3 Å². The lowest BCUT2D eigenvalue weighted by Gasteiger charge is -2.31. The predicted octanol–water partition coefficient (Wildman–Crippen LogP) is 4.00. The van der Waals surface area contributed by atoms with E-state index in [2.05, 4.69) is 0 Å². The lowest BCUT2D eigenvalue weighted by molar-refractivity contribution is -0.384. The molecule has 2 amide bonds. The summed E-state index contributed by atoms with van der Waals surface area (Å²) in [6, 6.07) is 12.6. The molecule has 0 saturated carbocycles. The number of aliphatic hydroxyl groups excluding tert-OH is 1. The van der Waals surface area contributed by atoms with Crippen molar-refractivity contribution in [2.75, 3.05) is 18.1 Å². The molecule has 5 rings (SSSR count). The van der Waals surface area contributed by atoms with E-state index in [1.807, 2.05) is 25.1 Å². The minimum Gasteiger partial charge on any atom is -0.507 e. The van der Waals surface area contributed by atoms with Crippen LogP contribution in [0.15, 0.2) is 65.3 Å². The highest BCUT2D eigenvalue weighted by molar-refractivity contribution is 6.22. The number of amides is 2. The van der Waals surface area contributed by atoms with Crippen molar-refractivity contribution in [3.63, 3.8) is 0 Å². The first-order chi connectivity index (χ1) is 17.8. The van der Waals surface area contributed by atoms with Crippen molar-refractivity contribution in [2.45, 2.75) is 32.3 Å². The number of imide groups is 1. The number of para-hydroxylation sites is 1. The van der Waals surface area contributed by atoms with Crippen molar-refractivity contribution in [1.82, 2.24) is 0 Å². The topological polar surface area (TPSA) is 130 Å². The van der Waals surface area contributed by atoms with Gasteiger partial charge in [0.05, 0.1) is 41.8 Å². The fourth-order valence-electron chi connectivity index (χ4n) is 5.93. The largest absolute Gasteiger partial charge is 0.507 e. The van der Waals surface area contributed by atoms with Crippen molar-refractivity contribution >= 4 is 29.3 Å². The molecule has 2 aromatic rings.